The number of nitrogens with zero attached hydrogens (tertiary/aromatic N) is 4. The first-order valence-electron chi connectivity index (χ1n) is 6.95. The normalized spacial score (nSPS) is 18.0. The molecule has 0 saturated carbocycles. The van der Waals surface area contributed by atoms with E-state index in [1.54, 1.807) is 6.92 Å². The summed E-state index contributed by atoms with van der Waals surface area (Å²) < 4.78 is 0. The number of rotatable bonds is 6. The maximum Gasteiger partial charge on any atom is 0.332 e. The Morgan fingerprint density at radius 2 is 2.33 bits per heavy atom. The third kappa shape index (κ3) is 3.19. The highest BCUT2D eigenvalue weighted by atomic mass is 16.6. The Labute approximate surface area is 122 Å². The first-order chi connectivity index (χ1) is 10.1. The van der Waals surface area contributed by atoms with Gasteiger partial charge in [0.05, 0.1) is 4.92 Å². The summed E-state index contributed by atoms with van der Waals surface area (Å²) in [6, 6.07) is 0.149. The summed E-state index contributed by atoms with van der Waals surface area (Å²) in [6.45, 7) is 2.39. The fraction of sp³-hybridized carbons (Fsp3) is 0.667. The van der Waals surface area contributed by atoms with Crippen LogP contribution in [-0.4, -0.2) is 39.2 Å². The van der Waals surface area contributed by atoms with Crippen LogP contribution in [0.4, 0.5) is 17.5 Å². The predicted molar refractivity (Wildman–Crippen MR) is 77.9 cm³/mol. The Kier molecular flexibility index (Phi) is 4.86. The number of aliphatic hydroxyl groups excluding tert-OH is 1. The quantitative estimate of drug-likeness (QED) is 0.397. The van der Waals surface area contributed by atoms with E-state index < -0.39 is 4.92 Å². The van der Waals surface area contributed by atoms with Crippen LogP contribution in [0.1, 0.15) is 31.4 Å². The molecule has 0 amide bonds. The molecule has 0 aliphatic carbocycles. The van der Waals surface area contributed by atoms with E-state index in [9.17, 15) is 10.1 Å². The summed E-state index contributed by atoms with van der Waals surface area (Å²) in [4.78, 5) is 21.0. The van der Waals surface area contributed by atoms with Gasteiger partial charge in [0, 0.05) is 19.2 Å². The number of anilines is 2. The lowest BCUT2D eigenvalue weighted by Crippen LogP contribution is -2.31. The highest BCUT2D eigenvalue weighted by Gasteiger charge is 2.33. The van der Waals surface area contributed by atoms with Crippen LogP contribution >= 0.6 is 0 Å². The van der Waals surface area contributed by atoms with E-state index in [1.807, 2.05) is 4.90 Å². The lowest BCUT2D eigenvalue weighted by Gasteiger charge is -2.25. The van der Waals surface area contributed by atoms with Gasteiger partial charge in [-0.3, -0.25) is 15.5 Å². The third-order valence-corrected chi connectivity index (χ3v) is 3.70. The van der Waals surface area contributed by atoms with E-state index >= 15 is 0 Å². The van der Waals surface area contributed by atoms with Gasteiger partial charge in [0.2, 0.25) is 11.8 Å². The van der Waals surface area contributed by atoms with Crippen LogP contribution in [0.15, 0.2) is 0 Å². The van der Waals surface area contributed by atoms with Crippen LogP contribution in [0.25, 0.3) is 0 Å². The minimum Gasteiger partial charge on any atom is -0.396 e. The van der Waals surface area contributed by atoms with Crippen molar-refractivity contribution in [3.8, 4) is 0 Å². The summed E-state index contributed by atoms with van der Waals surface area (Å²) in [7, 11) is 0. The molecule has 21 heavy (non-hydrogen) atoms. The largest absolute Gasteiger partial charge is 0.396 e. The fourth-order valence-corrected chi connectivity index (χ4v) is 2.77. The van der Waals surface area contributed by atoms with Gasteiger partial charge in [-0.15, -0.1) is 0 Å². The molecule has 1 aromatic heterocycles. The van der Waals surface area contributed by atoms with Gasteiger partial charge < -0.3 is 10.0 Å². The minimum atomic E-state index is -0.452. The highest BCUT2D eigenvalue weighted by molar-refractivity contribution is 5.63. The number of nitrogens with one attached hydrogen (secondary N) is 1. The van der Waals surface area contributed by atoms with Crippen LogP contribution in [0.5, 0.6) is 0 Å². The Morgan fingerprint density at radius 3 is 2.95 bits per heavy atom. The summed E-state index contributed by atoms with van der Waals surface area (Å²) >= 11 is 0. The first-order valence-corrected chi connectivity index (χ1v) is 6.95. The maximum atomic E-state index is 11.3. The van der Waals surface area contributed by atoms with Crippen LogP contribution in [-0.2, 0) is 0 Å². The number of hydrazine groups is 1. The van der Waals surface area contributed by atoms with E-state index in [4.69, 9.17) is 10.9 Å². The van der Waals surface area contributed by atoms with Gasteiger partial charge in [-0.2, -0.15) is 4.98 Å². The van der Waals surface area contributed by atoms with Crippen molar-refractivity contribution in [2.24, 2.45) is 5.84 Å². The van der Waals surface area contributed by atoms with Crippen LogP contribution in [0.2, 0.25) is 0 Å². The predicted octanol–water partition coefficient (Wildman–Crippen LogP) is 0.720. The van der Waals surface area contributed by atoms with Crippen molar-refractivity contribution in [2.45, 2.75) is 38.6 Å². The molecule has 2 heterocycles. The summed E-state index contributed by atoms with van der Waals surface area (Å²) in [5.41, 5.74) is 2.55. The Bertz CT molecular complexity index is 524. The summed E-state index contributed by atoms with van der Waals surface area (Å²) in [6.07, 6.45) is 3.33. The van der Waals surface area contributed by atoms with Crippen molar-refractivity contribution in [1.29, 1.82) is 0 Å². The molecule has 116 valence electrons. The molecule has 9 heteroatoms. The smallest absolute Gasteiger partial charge is 0.332 e. The molecule has 9 nitrogen and oxygen atoms in total. The van der Waals surface area contributed by atoms with E-state index in [-0.39, 0.29) is 30.0 Å². The SMILES string of the molecule is Cc1nc(NN)nc(N2CCCC2CCCO)c1[N+](=O)[O-]. The van der Waals surface area contributed by atoms with Gasteiger partial charge in [0.1, 0.15) is 5.69 Å². The van der Waals surface area contributed by atoms with Gasteiger partial charge in [0.25, 0.3) is 0 Å². The van der Waals surface area contributed by atoms with Crippen molar-refractivity contribution < 1.29 is 10.0 Å². The number of aryl methyl sites for hydroxylation is 1. The van der Waals surface area contributed by atoms with Crippen molar-refractivity contribution in [2.75, 3.05) is 23.5 Å². The molecule has 0 bridgehead atoms. The van der Waals surface area contributed by atoms with Gasteiger partial charge in [0.15, 0.2) is 0 Å². The molecule has 1 fully saturated rings. The number of nitrogen functional groups attached to an aromatic ring is 1. The molecule has 4 N–H and O–H groups in total. The van der Waals surface area contributed by atoms with Gasteiger partial charge >= 0.3 is 5.69 Å². The van der Waals surface area contributed by atoms with Crippen molar-refractivity contribution in [1.82, 2.24) is 9.97 Å². The number of aliphatic hydroxyl groups is 1. The molecule has 1 aromatic rings. The molecule has 0 spiro atoms. The number of hydrogen-bond acceptors (Lipinski definition) is 8. The molecule has 2 rings (SSSR count). The molecule has 1 saturated heterocycles. The average Bonchev–Trinajstić information content (AvgIpc) is 2.91. The summed E-state index contributed by atoms with van der Waals surface area (Å²) in [5.74, 6) is 5.80. The van der Waals surface area contributed by atoms with E-state index in [0.717, 1.165) is 19.3 Å². The Morgan fingerprint density at radius 1 is 1.57 bits per heavy atom. The van der Waals surface area contributed by atoms with Gasteiger partial charge in [-0.1, -0.05) is 0 Å². The molecular weight excluding hydrogens is 276 g/mol. The Hall–Kier alpha value is -2.00. The van der Waals surface area contributed by atoms with Crippen molar-refractivity contribution in [3.63, 3.8) is 0 Å². The van der Waals surface area contributed by atoms with Crippen molar-refractivity contribution >= 4 is 17.5 Å². The van der Waals surface area contributed by atoms with Crippen molar-refractivity contribution in [3.05, 3.63) is 15.8 Å². The van der Waals surface area contributed by atoms with E-state index in [1.165, 1.54) is 0 Å². The lowest BCUT2D eigenvalue weighted by molar-refractivity contribution is -0.385. The van der Waals surface area contributed by atoms with Crippen LogP contribution < -0.4 is 16.2 Å². The molecule has 1 aliphatic rings. The number of aromatic nitrogens is 2. The zero-order valence-electron chi connectivity index (χ0n) is 11.9. The van der Waals surface area contributed by atoms with Gasteiger partial charge in [-0.05, 0) is 32.6 Å². The standard InChI is InChI=1S/C12H20N6O3/c1-8-10(18(20)21)11(15-12(14-8)16-13)17-6-2-4-9(17)5-3-7-19/h9,19H,2-7,13H2,1H3,(H,14,15,16). The molecular formula is C12H20N6O3. The van der Waals surface area contributed by atoms with Gasteiger partial charge in [-0.25, -0.2) is 10.8 Å². The minimum absolute atomic E-state index is 0.0788. The molecule has 1 unspecified atom stereocenters. The number of nitrogens with two attached hydrogens (primary N) is 1. The number of nitro groups is 1. The average molecular weight is 296 g/mol. The second-order valence-corrected chi connectivity index (χ2v) is 5.06. The highest BCUT2D eigenvalue weighted by Crippen LogP contribution is 2.35. The zero-order chi connectivity index (χ0) is 15.4. The topological polar surface area (TPSA) is 130 Å². The molecule has 1 aliphatic heterocycles. The third-order valence-electron chi connectivity index (χ3n) is 3.70. The van der Waals surface area contributed by atoms with Crippen LogP contribution in [0, 0.1) is 17.0 Å². The molecule has 1 atom stereocenters. The van der Waals surface area contributed by atoms with E-state index in [2.05, 4.69) is 15.4 Å². The van der Waals surface area contributed by atoms with E-state index in [0.29, 0.717) is 18.8 Å². The summed E-state index contributed by atoms with van der Waals surface area (Å²) in [5, 5.41) is 20.3. The maximum absolute atomic E-state index is 11.3. The second-order valence-electron chi connectivity index (χ2n) is 5.06. The first kappa shape index (κ1) is 15.4. The second kappa shape index (κ2) is 6.64. The Balaban J connectivity index is 2.40. The van der Waals surface area contributed by atoms with Crippen LogP contribution in [0.3, 0.4) is 0 Å². The number of hydrogen-bond donors (Lipinski definition) is 3. The zero-order valence-corrected chi connectivity index (χ0v) is 11.9. The monoisotopic (exact) mass is 296 g/mol. The molecule has 0 aromatic carbocycles. The fourth-order valence-electron chi connectivity index (χ4n) is 2.77. The molecule has 0 radical (unpaired) electrons. The lowest BCUT2D eigenvalue weighted by atomic mass is 10.1.